The molecule has 1 aliphatic heterocycles. The second kappa shape index (κ2) is 7.37. The molecule has 4 rings (SSSR count). The lowest BCUT2D eigenvalue weighted by atomic mass is 9.93. The Labute approximate surface area is 157 Å². The van der Waals surface area contributed by atoms with Crippen LogP contribution in [0.15, 0.2) is 46.6 Å². The number of nitrogens with zero attached hydrogens (tertiary/aromatic N) is 2. The Kier molecular flexibility index (Phi) is 4.96. The van der Waals surface area contributed by atoms with Crippen molar-refractivity contribution in [2.24, 2.45) is 5.92 Å². The van der Waals surface area contributed by atoms with Crippen LogP contribution in [0.4, 0.5) is 4.39 Å². The second-order valence-electron chi connectivity index (χ2n) is 7.01. The summed E-state index contributed by atoms with van der Waals surface area (Å²) in [6.07, 6.45) is 6.14. The predicted octanol–water partition coefficient (Wildman–Crippen LogP) is 3.92. The first kappa shape index (κ1) is 17.5. The molecular weight excluding hydrogens is 351 g/mol. The molecule has 2 aliphatic rings. The number of hydrogen-bond acceptors (Lipinski definition) is 5. The number of thiol groups is 1. The number of hydrogen-bond donors (Lipinski definition) is 1. The molecule has 0 radical (unpaired) electrons. The minimum Gasteiger partial charge on any atom is -0.357 e. The van der Waals surface area contributed by atoms with Gasteiger partial charge in [-0.25, -0.2) is 4.39 Å². The number of Topliss-reactive ketones (excluding diaryl/α,β-unsaturated/α-hetero) is 1. The quantitative estimate of drug-likeness (QED) is 0.808. The number of rotatable bonds is 5. The summed E-state index contributed by atoms with van der Waals surface area (Å²) in [5, 5.41) is 3.82. The predicted molar refractivity (Wildman–Crippen MR) is 100 cm³/mol. The number of carbonyl (C=O) groups excluding carboxylic acids is 1. The summed E-state index contributed by atoms with van der Waals surface area (Å²) in [6.45, 7) is 1.27. The number of aromatic nitrogens is 1. The molecular formula is C20H21FN2O2S. The summed E-state index contributed by atoms with van der Waals surface area (Å²) in [6, 6.07) is 7.86. The lowest BCUT2D eigenvalue weighted by Gasteiger charge is -2.37. The summed E-state index contributed by atoms with van der Waals surface area (Å²) >= 11 is 4.67. The van der Waals surface area contributed by atoms with Crippen molar-refractivity contribution in [1.29, 1.82) is 0 Å². The van der Waals surface area contributed by atoms with Crippen LogP contribution in [0.1, 0.15) is 36.6 Å². The van der Waals surface area contributed by atoms with Crippen molar-refractivity contribution in [3.05, 3.63) is 59.2 Å². The van der Waals surface area contributed by atoms with Crippen molar-refractivity contribution in [2.75, 3.05) is 13.1 Å². The molecule has 1 aromatic carbocycles. The van der Waals surface area contributed by atoms with E-state index in [2.05, 4.69) is 22.7 Å². The summed E-state index contributed by atoms with van der Waals surface area (Å²) in [5.41, 5.74) is 1.53. The van der Waals surface area contributed by atoms with Gasteiger partial charge in [0.05, 0.1) is 12.2 Å². The number of halogens is 1. The van der Waals surface area contributed by atoms with E-state index in [-0.39, 0.29) is 22.8 Å². The van der Waals surface area contributed by atoms with Gasteiger partial charge in [0.2, 0.25) is 0 Å². The van der Waals surface area contributed by atoms with Gasteiger partial charge in [-0.05, 0) is 37.0 Å². The molecule has 0 bridgehead atoms. The molecule has 1 saturated heterocycles. The Morgan fingerprint density at radius 2 is 2.12 bits per heavy atom. The monoisotopic (exact) mass is 372 g/mol. The van der Waals surface area contributed by atoms with Gasteiger partial charge in [-0.3, -0.25) is 9.69 Å². The second-order valence-corrected chi connectivity index (χ2v) is 7.63. The maximum absolute atomic E-state index is 14.5. The number of carbonyl (C=O) groups is 1. The average Bonchev–Trinajstić information content (AvgIpc) is 3.37. The lowest BCUT2D eigenvalue weighted by Crippen LogP contribution is -2.42. The molecule has 2 unspecified atom stereocenters. The maximum Gasteiger partial charge on any atom is 0.159 e. The van der Waals surface area contributed by atoms with Gasteiger partial charge in [0.25, 0.3) is 0 Å². The van der Waals surface area contributed by atoms with Gasteiger partial charge in [0.15, 0.2) is 11.5 Å². The van der Waals surface area contributed by atoms with E-state index in [1.54, 1.807) is 30.5 Å². The normalized spacial score (nSPS) is 23.9. The van der Waals surface area contributed by atoms with Crippen LogP contribution in [-0.4, -0.2) is 34.2 Å². The van der Waals surface area contributed by atoms with Crippen LogP contribution in [0.2, 0.25) is 0 Å². The molecule has 0 N–H and O–H groups in total. The van der Waals surface area contributed by atoms with Gasteiger partial charge in [-0.2, -0.15) is 12.6 Å². The first-order valence-electron chi connectivity index (χ1n) is 8.95. The highest BCUT2D eigenvalue weighted by Gasteiger charge is 2.40. The zero-order valence-electron chi connectivity index (χ0n) is 14.3. The van der Waals surface area contributed by atoms with E-state index in [0.717, 1.165) is 24.8 Å². The van der Waals surface area contributed by atoms with Gasteiger partial charge in [-0.15, -0.1) is 0 Å². The number of piperidine rings is 1. The summed E-state index contributed by atoms with van der Waals surface area (Å²) < 4.78 is 19.7. The molecule has 2 heterocycles. The molecule has 2 aromatic rings. The van der Waals surface area contributed by atoms with E-state index in [4.69, 9.17) is 4.52 Å². The van der Waals surface area contributed by atoms with Crippen molar-refractivity contribution < 1.29 is 13.7 Å². The Morgan fingerprint density at radius 1 is 1.31 bits per heavy atom. The molecule has 1 aromatic heterocycles. The first-order chi connectivity index (χ1) is 12.6. The van der Waals surface area contributed by atoms with Gasteiger partial charge in [0.1, 0.15) is 5.82 Å². The van der Waals surface area contributed by atoms with Crippen molar-refractivity contribution >= 4 is 24.5 Å². The minimum absolute atomic E-state index is 0.0648. The molecule has 136 valence electrons. The standard InChI is InChI=1S/C20H21FN2O2S/c21-17-4-2-1-3-16(17)19(20(24)13-5-6-13)23-10-8-18(26)14(12-23)11-15-7-9-22-25-15/h1-4,7,9,11,13,18-19,26H,5-6,8,10,12H2. The van der Waals surface area contributed by atoms with Crippen molar-refractivity contribution in [2.45, 2.75) is 30.6 Å². The molecule has 1 saturated carbocycles. The zero-order valence-corrected chi connectivity index (χ0v) is 15.2. The molecule has 4 nitrogen and oxygen atoms in total. The number of likely N-dealkylation sites (tertiary alicyclic amines) is 1. The summed E-state index contributed by atoms with van der Waals surface area (Å²) in [7, 11) is 0. The third-order valence-electron chi connectivity index (χ3n) is 5.10. The van der Waals surface area contributed by atoms with Crippen molar-refractivity contribution in [3.8, 4) is 0 Å². The van der Waals surface area contributed by atoms with Gasteiger partial charge >= 0.3 is 0 Å². The lowest BCUT2D eigenvalue weighted by molar-refractivity contribution is -0.126. The fourth-order valence-corrected chi connectivity index (χ4v) is 3.83. The van der Waals surface area contributed by atoms with Crippen molar-refractivity contribution in [3.63, 3.8) is 0 Å². The van der Waals surface area contributed by atoms with Crippen LogP contribution in [0.5, 0.6) is 0 Å². The molecule has 0 amide bonds. The van der Waals surface area contributed by atoms with Crippen LogP contribution in [-0.2, 0) is 4.79 Å². The fraction of sp³-hybridized carbons (Fsp3) is 0.400. The molecule has 1 aliphatic carbocycles. The SMILES string of the molecule is O=C(C1CC1)C(c1ccccc1F)N1CCC(S)C(=Cc2ccno2)C1. The first-order valence-corrected chi connectivity index (χ1v) is 9.46. The highest BCUT2D eigenvalue weighted by molar-refractivity contribution is 7.81. The third-order valence-corrected chi connectivity index (χ3v) is 5.69. The zero-order chi connectivity index (χ0) is 18.1. The smallest absolute Gasteiger partial charge is 0.159 e. The van der Waals surface area contributed by atoms with E-state index in [0.29, 0.717) is 24.4 Å². The van der Waals surface area contributed by atoms with Crippen LogP contribution < -0.4 is 0 Å². The number of ketones is 1. The molecule has 2 atom stereocenters. The maximum atomic E-state index is 14.5. The molecule has 26 heavy (non-hydrogen) atoms. The van der Waals surface area contributed by atoms with Gasteiger partial charge in [-0.1, -0.05) is 23.4 Å². The Morgan fingerprint density at radius 3 is 2.81 bits per heavy atom. The summed E-state index contributed by atoms with van der Waals surface area (Å²) in [4.78, 5) is 15.1. The van der Waals surface area contributed by atoms with Crippen LogP contribution in [0.3, 0.4) is 0 Å². The largest absolute Gasteiger partial charge is 0.357 e. The van der Waals surface area contributed by atoms with Crippen LogP contribution in [0, 0.1) is 11.7 Å². The van der Waals surface area contributed by atoms with E-state index in [1.165, 1.54) is 6.07 Å². The van der Waals surface area contributed by atoms with Gasteiger partial charge < -0.3 is 4.52 Å². The highest BCUT2D eigenvalue weighted by atomic mass is 32.1. The number of benzene rings is 1. The van der Waals surface area contributed by atoms with Crippen LogP contribution >= 0.6 is 12.6 Å². The van der Waals surface area contributed by atoms with Crippen LogP contribution in [0.25, 0.3) is 6.08 Å². The van der Waals surface area contributed by atoms with Crippen molar-refractivity contribution in [1.82, 2.24) is 10.1 Å². The fourth-order valence-electron chi connectivity index (χ4n) is 3.56. The average molecular weight is 372 g/mol. The third kappa shape index (κ3) is 3.62. The molecule has 0 spiro atoms. The van der Waals surface area contributed by atoms with Gasteiger partial charge in [0, 0.05) is 35.9 Å². The minimum atomic E-state index is -0.539. The van der Waals surface area contributed by atoms with E-state index in [9.17, 15) is 9.18 Å². The molecule has 2 fully saturated rings. The van der Waals surface area contributed by atoms with E-state index < -0.39 is 6.04 Å². The van der Waals surface area contributed by atoms with E-state index in [1.807, 2.05) is 6.08 Å². The van der Waals surface area contributed by atoms with E-state index >= 15 is 0 Å². The summed E-state index contributed by atoms with van der Waals surface area (Å²) in [5.74, 6) is 0.541. The topological polar surface area (TPSA) is 46.3 Å². The Balaban J connectivity index is 1.65. The highest BCUT2D eigenvalue weighted by Crippen LogP contribution is 2.39. The Hall–Kier alpha value is -1.92. The Bertz CT molecular complexity index is 817. The molecule has 6 heteroatoms.